The molecule has 0 fully saturated rings. The van der Waals surface area contributed by atoms with Crippen molar-refractivity contribution in [1.29, 1.82) is 0 Å². The summed E-state index contributed by atoms with van der Waals surface area (Å²) in [6, 6.07) is 1.02. The van der Waals surface area contributed by atoms with Crippen molar-refractivity contribution >= 4 is 19.8 Å². The van der Waals surface area contributed by atoms with E-state index in [0.29, 0.717) is 12.3 Å². The van der Waals surface area contributed by atoms with Gasteiger partial charge in [0.2, 0.25) is 5.82 Å². The number of carbonyl (C=O) groups is 2. The van der Waals surface area contributed by atoms with Gasteiger partial charge in [0.1, 0.15) is 12.4 Å². The fourth-order valence-corrected chi connectivity index (χ4v) is 2.44. The molecule has 0 aliphatic rings. The zero-order chi connectivity index (χ0) is 16.0. The Hall–Kier alpha value is -1.47. The Morgan fingerprint density at radius 1 is 1.33 bits per heavy atom. The molecule has 6 nitrogen and oxygen atoms in total. The lowest BCUT2D eigenvalue weighted by molar-refractivity contribution is 0.0461. The van der Waals surface area contributed by atoms with E-state index in [0.717, 1.165) is 6.04 Å². The van der Waals surface area contributed by atoms with Crippen molar-refractivity contribution in [1.82, 2.24) is 9.55 Å². The van der Waals surface area contributed by atoms with Crippen LogP contribution >= 0.6 is 0 Å². The van der Waals surface area contributed by atoms with Gasteiger partial charge in [0.25, 0.3) is 0 Å². The van der Waals surface area contributed by atoms with Crippen LogP contribution in [0, 0.1) is 0 Å². The first kappa shape index (κ1) is 17.6. The highest BCUT2D eigenvalue weighted by Gasteiger charge is 2.20. The number of hydrogen-bond acceptors (Lipinski definition) is 5. The Morgan fingerprint density at radius 2 is 2.00 bits per heavy atom. The summed E-state index contributed by atoms with van der Waals surface area (Å²) in [4.78, 5) is 27.4. The highest BCUT2D eigenvalue weighted by atomic mass is 28.3. The van der Waals surface area contributed by atoms with Crippen LogP contribution in [0.15, 0.2) is 6.20 Å². The van der Waals surface area contributed by atoms with Gasteiger partial charge in [-0.2, -0.15) is 0 Å². The van der Waals surface area contributed by atoms with Crippen molar-refractivity contribution in [3.63, 3.8) is 0 Å². The van der Waals surface area contributed by atoms with Gasteiger partial charge in [-0.3, -0.25) is 9.36 Å². The summed E-state index contributed by atoms with van der Waals surface area (Å²) < 4.78 is 12.0. The molecule has 0 bridgehead atoms. The van der Waals surface area contributed by atoms with Gasteiger partial charge >= 0.3 is 5.97 Å². The third kappa shape index (κ3) is 5.43. The molecular weight excluding hydrogens is 288 g/mol. The Morgan fingerprint density at radius 3 is 2.52 bits per heavy atom. The third-order valence-corrected chi connectivity index (χ3v) is 4.60. The molecule has 0 spiro atoms. The van der Waals surface area contributed by atoms with E-state index < -0.39 is 14.0 Å². The van der Waals surface area contributed by atoms with Crippen molar-refractivity contribution in [3.8, 4) is 0 Å². The molecule has 0 unspecified atom stereocenters. The van der Waals surface area contributed by atoms with E-state index in [4.69, 9.17) is 9.47 Å². The summed E-state index contributed by atoms with van der Waals surface area (Å²) in [6.07, 6.45) is 1.39. The fraction of sp³-hybridized carbons (Fsp3) is 0.643. The fourth-order valence-electron chi connectivity index (χ4n) is 1.68. The van der Waals surface area contributed by atoms with Crippen LogP contribution in [0.5, 0.6) is 0 Å². The summed E-state index contributed by atoms with van der Waals surface area (Å²) in [5.74, 6) is -0.597. The van der Waals surface area contributed by atoms with E-state index in [-0.39, 0.29) is 24.9 Å². The van der Waals surface area contributed by atoms with Gasteiger partial charge < -0.3 is 9.47 Å². The number of hydrogen-bond donors (Lipinski definition) is 0. The molecule has 0 saturated carbocycles. The third-order valence-electron chi connectivity index (χ3n) is 2.89. The maximum absolute atomic E-state index is 11.8. The number of ketones is 1. The zero-order valence-corrected chi connectivity index (χ0v) is 14.4. The predicted molar refractivity (Wildman–Crippen MR) is 82.3 cm³/mol. The second kappa shape index (κ2) is 7.51. The van der Waals surface area contributed by atoms with Crippen molar-refractivity contribution in [2.24, 2.45) is 0 Å². The van der Waals surface area contributed by atoms with Crippen LogP contribution in [0.25, 0.3) is 0 Å². The molecule has 0 amide bonds. The minimum Gasteiger partial charge on any atom is -0.460 e. The molecule has 1 heterocycles. The molecule has 1 aromatic rings. The van der Waals surface area contributed by atoms with Crippen molar-refractivity contribution in [2.75, 3.05) is 13.2 Å². The predicted octanol–water partition coefficient (Wildman–Crippen LogP) is 2.57. The van der Waals surface area contributed by atoms with E-state index in [1.54, 1.807) is 6.92 Å². The van der Waals surface area contributed by atoms with Crippen LogP contribution in [0.3, 0.4) is 0 Å². The van der Waals surface area contributed by atoms with Crippen LogP contribution < -0.4 is 0 Å². The SMILES string of the molecule is CCOC(=O)c1ncc(C(C)=O)n1COCC[Si](C)(C)C. The minimum atomic E-state index is -1.17. The molecule has 0 atom stereocenters. The maximum Gasteiger partial charge on any atom is 0.374 e. The number of rotatable bonds is 8. The van der Waals surface area contributed by atoms with E-state index in [2.05, 4.69) is 24.6 Å². The van der Waals surface area contributed by atoms with Crippen molar-refractivity contribution < 1.29 is 19.1 Å². The topological polar surface area (TPSA) is 70.4 Å². The van der Waals surface area contributed by atoms with Crippen LogP contribution in [-0.4, -0.2) is 42.6 Å². The Labute approximate surface area is 126 Å². The first-order valence-electron chi connectivity index (χ1n) is 7.07. The van der Waals surface area contributed by atoms with Gasteiger partial charge in [-0.15, -0.1) is 0 Å². The molecule has 21 heavy (non-hydrogen) atoms. The molecule has 0 aliphatic carbocycles. The number of ether oxygens (including phenoxy) is 2. The molecule has 1 rings (SSSR count). The van der Waals surface area contributed by atoms with Gasteiger partial charge in [-0.05, 0) is 13.0 Å². The number of Topliss-reactive ketones (excluding diaryl/α,β-unsaturated/α-hetero) is 1. The molecular formula is C14H24N2O4Si. The largest absolute Gasteiger partial charge is 0.460 e. The first-order chi connectivity index (χ1) is 9.76. The van der Waals surface area contributed by atoms with Crippen LogP contribution in [0.2, 0.25) is 25.7 Å². The normalized spacial score (nSPS) is 11.5. The van der Waals surface area contributed by atoms with Crippen molar-refractivity contribution in [3.05, 3.63) is 17.7 Å². The van der Waals surface area contributed by atoms with Crippen molar-refractivity contribution in [2.45, 2.75) is 46.3 Å². The highest BCUT2D eigenvalue weighted by molar-refractivity contribution is 6.76. The number of imidazole rings is 1. The summed E-state index contributed by atoms with van der Waals surface area (Å²) in [7, 11) is -1.17. The number of esters is 1. The van der Waals surface area contributed by atoms with Crippen LogP contribution in [-0.2, 0) is 16.2 Å². The lowest BCUT2D eigenvalue weighted by Gasteiger charge is -2.16. The average Bonchev–Trinajstić information content (AvgIpc) is 2.77. The summed E-state index contributed by atoms with van der Waals surface area (Å²) in [5.41, 5.74) is 0.353. The van der Waals surface area contributed by atoms with E-state index in [1.165, 1.54) is 17.7 Å². The van der Waals surface area contributed by atoms with Crippen LogP contribution in [0.1, 0.15) is 35.0 Å². The number of nitrogens with zero attached hydrogens (tertiary/aromatic N) is 2. The summed E-state index contributed by atoms with van der Waals surface area (Å²) >= 11 is 0. The smallest absolute Gasteiger partial charge is 0.374 e. The first-order valence-corrected chi connectivity index (χ1v) is 10.8. The summed E-state index contributed by atoms with van der Waals surface area (Å²) in [5, 5.41) is 0. The van der Waals surface area contributed by atoms with Gasteiger partial charge in [0, 0.05) is 21.6 Å². The van der Waals surface area contributed by atoms with Gasteiger partial charge in [0.15, 0.2) is 5.78 Å². The number of carbonyl (C=O) groups excluding carboxylic acids is 2. The number of aromatic nitrogens is 2. The standard InChI is InChI=1S/C14H24N2O4Si/c1-6-20-14(18)13-15-9-12(11(2)17)16(13)10-19-7-8-21(3,4)5/h9H,6-8,10H2,1-5H3. The quantitative estimate of drug-likeness (QED) is 0.319. The monoisotopic (exact) mass is 312 g/mol. The molecule has 0 radical (unpaired) electrons. The Balaban J connectivity index is 2.79. The van der Waals surface area contributed by atoms with E-state index in [9.17, 15) is 9.59 Å². The Kier molecular flexibility index (Phi) is 6.29. The second-order valence-electron chi connectivity index (χ2n) is 6.02. The molecule has 1 aromatic heterocycles. The highest BCUT2D eigenvalue weighted by Crippen LogP contribution is 2.11. The zero-order valence-electron chi connectivity index (χ0n) is 13.4. The van der Waals surface area contributed by atoms with Crippen LogP contribution in [0.4, 0.5) is 0 Å². The molecule has 7 heteroatoms. The van der Waals surface area contributed by atoms with E-state index in [1.807, 2.05) is 0 Å². The van der Waals surface area contributed by atoms with E-state index >= 15 is 0 Å². The lowest BCUT2D eigenvalue weighted by Crippen LogP contribution is -2.23. The molecule has 118 valence electrons. The average molecular weight is 312 g/mol. The molecule has 0 aliphatic heterocycles. The molecule has 0 aromatic carbocycles. The second-order valence-corrected chi connectivity index (χ2v) is 11.6. The molecule has 0 N–H and O–H groups in total. The van der Waals surface area contributed by atoms with Gasteiger partial charge in [-0.25, -0.2) is 9.78 Å². The maximum atomic E-state index is 11.8. The van der Waals surface area contributed by atoms with Gasteiger partial charge in [-0.1, -0.05) is 19.6 Å². The Bertz CT molecular complexity index is 506. The van der Waals surface area contributed by atoms with Gasteiger partial charge in [0.05, 0.1) is 12.8 Å². The summed E-state index contributed by atoms with van der Waals surface area (Å²) in [6.45, 7) is 10.9. The molecule has 0 saturated heterocycles. The lowest BCUT2D eigenvalue weighted by atomic mass is 10.3. The minimum absolute atomic E-state index is 0.107.